The van der Waals surface area contributed by atoms with Crippen molar-refractivity contribution in [3.8, 4) is 5.69 Å². The average Bonchev–Trinajstić information content (AvgIpc) is 3.16. The highest BCUT2D eigenvalue weighted by atomic mass is 16.2. The Kier molecular flexibility index (Phi) is 5.23. The molecule has 1 aliphatic heterocycles. The number of nitrogens with zero attached hydrogens (tertiary/aromatic N) is 3. The van der Waals surface area contributed by atoms with Crippen LogP contribution >= 0.6 is 0 Å². The number of hydrogen-bond acceptors (Lipinski definition) is 3. The van der Waals surface area contributed by atoms with Gasteiger partial charge in [-0.1, -0.05) is 78.9 Å². The second-order valence-corrected chi connectivity index (χ2v) is 8.75. The van der Waals surface area contributed by atoms with Crippen LogP contribution in [0.25, 0.3) is 16.6 Å². The summed E-state index contributed by atoms with van der Waals surface area (Å²) in [5.74, 6) is 0.185. The van der Waals surface area contributed by atoms with E-state index in [0.29, 0.717) is 29.7 Å². The van der Waals surface area contributed by atoms with E-state index < -0.39 is 5.92 Å². The van der Waals surface area contributed by atoms with Crippen molar-refractivity contribution >= 4 is 22.5 Å². The third kappa shape index (κ3) is 3.71. The van der Waals surface area contributed by atoms with Gasteiger partial charge in [0.1, 0.15) is 5.82 Å². The van der Waals surface area contributed by atoms with Gasteiger partial charge in [0.2, 0.25) is 5.91 Å². The van der Waals surface area contributed by atoms with E-state index in [-0.39, 0.29) is 11.5 Å². The number of hydrogen-bond donors (Lipinski definition) is 0. The SMILES string of the molecule is O=C1C(Cc2nc3ccccc3c(=O)n2-c2ccccc2)c2ccccc2N1Cc1ccccc1. The number of benzene rings is 4. The van der Waals surface area contributed by atoms with Crippen molar-refractivity contribution in [2.75, 3.05) is 4.90 Å². The lowest BCUT2D eigenvalue weighted by Gasteiger charge is -2.19. The molecular formula is C30H23N3O2. The van der Waals surface area contributed by atoms with Crippen LogP contribution in [-0.4, -0.2) is 15.5 Å². The Morgan fingerprint density at radius 3 is 2.17 bits per heavy atom. The van der Waals surface area contributed by atoms with Crippen molar-refractivity contribution in [2.24, 2.45) is 0 Å². The van der Waals surface area contributed by atoms with Crippen LogP contribution in [0.15, 0.2) is 114 Å². The summed E-state index contributed by atoms with van der Waals surface area (Å²) in [6.45, 7) is 0.504. The first kappa shape index (κ1) is 21.1. The Morgan fingerprint density at radius 1 is 0.714 bits per heavy atom. The van der Waals surface area contributed by atoms with Gasteiger partial charge in [-0.15, -0.1) is 0 Å². The quantitative estimate of drug-likeness (QED) is 0.362. The minimum atomic E-state index is -0.419. The number of anilines is 1. The van der Waals surface area contributed by atoms with Crippen LogP contribution in [0.2, 0.25) is 0 Å². The lowest BCUT2D eigenvalue weighted by molar-refractivity contribution is -0.119. The van der Waals surface area contributed by atoms with Gasteiger partial charge in [-0.2, -0.15) is 0 Å². The Balaban J connectivity index is 1.46. The zero-order valence-corrected chi connectivity index (χ0v) is 19.0. The van der Waals surface area contributed by atoms with E-state index in [1.165, 1.54) is 0 Å². The summed E-state index contributed by atoms with van der Waals surface area (Å²) in [5, 5.41) is 0.559. The Hall–Kier alpha value is -4.51. The fourth-order valence-corrected chi connectivity index (χ4v) is 4.94. The lowest BCUT2D eigenvalue weighted by atomic mass is 9.96. The van der Waals surface area contributed by atoms with Crippen molar-refractivity contribution in [1.82, 2.24) is 9.55 Å². The molecule has 0 fully saturated rings. The van der Waals surface area contributed by atoms with E-state index in [2.05, 4.69) is 0 Å². The normalized spacial score (nSPS) is 14.9. The Bertz CT molecular complexity index is 1590. The van der Waals surface area contributed by atoms with Crippen LogP contribution in [0.5, 0.6) is 0 Å². The van der Waals surface area contributed by atoms with Crippen molar-refractivity contribution in [2.45, 2.75) is 18.9 Å². The van der Waals surface area contributed by atoms with Gasteiger partial charge in [0.05, 0.1) is 29.1 Å². The molecule has 6 rings (SSSR count). The van der Waals surface area contributed by atoms with Crippen LogP contribution in [0, 0.1) is 0 Å². The van der Waals surface area contributed by atoms with E-state index in [1.807, 2.05) is 108 Å². The van der Waals surface area contributed by atoms with Gasteiger partial charge in [-0.3, -0.25) is 14.2 Å². The predicted octanol–water partition coefficient (Wildman–Crippen LogP) is 5.26. The first-order valence-corrected chi connectivity index (χ1v) is 11.7. The summed E-state index contributed by atoms with van der Waals surface area (Å²) in [6, 6.07) is 34.8. The van der Waals surface area contributed by atoms with E-state index in [0.717, 1.165) is 22.5 Å². The standard InChI is InChI=1S/C30H23N3O2/c34-29-25(23-15-8-10-18-27(23)32(29)20-21-11-3-1-4-12-21)19-28-31-26-17-9-7-16-24(26)30(35)33(28)22-13-5-2-6-14-22/h1-18,25H,19-20H2. The van der Waals surface area contributed by atoms with Gasteiger partial charge in [-0.05, 0) is 41.5 Å². The van der Waals surface area contributed by atoms with Crippen LogP contribution in [0.4, 0.5) is 5.69 Å². The highest BCUT2D eigenvalue weighted by molar-refractivity contribution is 6.05. The van der Waals surface area contributed by atoms with Gasteiger partial charge in [0, 0.05) is 12.1 Å². The number of fused-ring (bicyclic) bond motifs is 2. The van der Waals surface area contributed by atoms with Gasteiger partial charge < -0.3 is 4.90 Å². The van der Waals surface area contributed by atoms with Crippen LogP contribution < -0.4 is 10.5 Å². The highest BCUT2D eigenvalue weighted by Gasteiger charge is 2.38. The summed E-state index contributed by atoms with van der Waals surface area (Å²) in [4.78, 5) is 34.1. The van der Waals surface area contributed by atoms with Crippen LogP contribution in [-0.2, 0) is 17.8 Å². The van der Waals surface area contributed by atoms with Gasteiger partial charge in [-0.25, -0.2) is 4.98 Å². The number of carbonyl (C=O) groups excluding carboxylic acids is 1. The molecule has 0 N–H and O–H groups in total. The molecule has 0 saturated carbocycles. The highest BCUT2D eigenvalue weighted by Crippen LogP contribution is 2.40. The smallest absolute Gasteiger partial charge is 0.265 e. The molecule has 35 heavy (non-hydrogen) atoms. The fraction of sp³-hybridized carbons (Fsp3) is 0.100. The van der Waals surface area contributed by atoms with Gasteiger partial charge in [0.15, 0.2) is 0 Å². The first-order chi connectivity index (χ1) is 17.2. The predicted molar refractivity (Wildman–Crippen MR) is 138 cm³/mol. The number of para-hydroxylation sites is 3. The second-order valence-electron chi connectivity index (χ2n) is 8.75. The number of carbonyl (C=O) groups is 1. The topological polar surface area (TPSA) is 55.2 Å². The fourth-order valence-electron chi connectivity index (χ4n) is 4.94. The molecule has 5 aromatic rings. The molecule has 2 heterocycles. The Morgan fingerprint density at radius 2 is 1.37 bits per heavy atom. The monoisotopic (exact) mass is 457 g/mol. The minimum absolute atomic E-state index is 0.0251. The first-order valence-electron chi connectivity index (χ1n) is 11.7. The van der Waals surface area contributed by atoms with Gasteiger partial charge >= 0.3 is 0 Å². The minimum Gasteiger partial charge on any atom is -0.307 e. The third-order valence-electron chi connectivity index (χ3n) is 6.60. The summed E-state index contributed by atoms with van der Waals surface area (Å²) in [7, 11) is 0. The maximum Gasteiger partial charge on any atom is 0.265 e. The lowest BCUT2D eigenvalue weighted by Crippen LogP contribution is -2.31. The van der Waals surface area contributed by atoms with E-state index in [9.17, 15) is 9.59 Å². The number of amides is 1. The molecule has 5 heteroatoms. The maximum atomic E-state index is 13.8. The van der Waals surface area contributed by atoms with Crippen molar-refractivity contribution in [3.63, 3.8) is 0 Å². The van der Waals surface area contributed by atoms with Crippen molar-refractivity contribution in [1.29, 1.82) is 0 Å². The molecule has 1 aromatic heterocycles. The molecule has 0 aliphatic carbocycles. The maximum absolute atomic E-state index is 13.8. The van der Waals surface area contributed by atoms with E-state index in [4.69, 9.17) is 4.98 Å². The van der Waals surface area contributed by atoms with Crippen LogP contribution in [0.1, 0.15) is 22.9 Å². The summed E-state index contributed by atoms with van der Waals surface area (Å²) >= 11 is 0. The van der Waals surface area contributed by atoms with Crippen molar-refractivity contribution < 1.29 is 4.79 Å². The second kappa shape index (κ2) is 8.69. The molecule has 1 unspecified atom stereocenters. The zero-order chi connectivity index (χ0) is 23.8. The molecule has 170 valence electrons. The Labute approximate surface area is 202 Å². The summed E-state index contributed by atoms with van der Waals surface area (Å²) in [5.41, 5.74) is 4.21. The molecule has 5 nitrogen and oxygen atoms in total. The number of rotatable bonds is 5. The molecule has 1 atom stereocenters. The average molecular weight is 458 g/mol. The molecule has 1 amide bonds. The molecule has 0 radical (unpaired) electrons. The molecule has 0 bridgehead atoms. The largest absolute Gasteiger partial charge is 0.307 e. The third-order valence-corrected chi connectivity index (χ3v) is 6.60. The molecule has 4 aromatic carbocycles. The van der Waals surface area contributed by atoms with Gasteiger partial charge in [0.25, 0.3) is 5.56 Å². The molecule has 0 spiro atoms. The summed E-state index contributed by atoms with van der Waals surface area (Å²) < 4.78 is 1.65. The van der Waals surface area contributed by atoms with Crippen molar-refractivity contribution in [3.05, 3.63) is 136 Å². The molecular weight excluding hydrogens is 434 g/mol. The van der Waals surface area contributed by atoms with E-state index >= 15 is 0 Å². The number of aromatic nitrogens is 2. The molecule has 0 saturated heterocycles. The van der Waals surface area contributed by atoms with E-state index in [1.54, 1.807) is 10.6 Å². The zero-order valence-electron chi connectivity index (χ0n) is 19.0. The van der Waals surface area contributed by atoms with Crippen LogP contribution in [0.3, 0.4) is 0 Å². The molecule has 1 aliphatic rings. The summed E-state index contributed by atoms with van der Waals surface area (Å²) in [6.07, 6.45) is 0.329.